The van der Waals surface area contributed by atoms with Gasteiger partial charge in [0, 0.05) is 42.0 Å². The Bertz CT molecular complexity index is 1850. The van der Waals surface area contributed by atoms with E-state index in [-0.39, 0.29) is 25.9 Å². The summed E-state index contributed by atoms with van der Waals surface area (Å²) in [5.74, 6) is -5.50. The van der Waals surface area contributed by atoms with Crippen molar-refractivity contribution in [3.8, 4) is 0 Å². The second-order valence-electron chi connectivity index (χ2n) is 13.5. The predicted octanol–water partition coefficient (Wildman–Crippen LogP) is 4.93. The van der Waals surface area contributed by atoms with Gasteiger partial charge in [0.2, 0.25) is 19.2 Å². The van der Waals surface area contributed by atoms with Gasteiger partial charge in [0.15, 0.2) is 0 Å². The van der Waals surface area contributed by atoms with Gasteiger partial charge in [-0.1, -0.05) is 92.7 Å². The number of H-pyrrole nitrogens is 1. The highest BCUT2D eigenvalue weighted by molar-refractivity contribution is 7.58. The Kier molecular flexibility index (Phi) is 15.2. The van der Waals surface area contributed by atoms with E-state index in [1.54, 1.807) is 62.5 Å². The fourth-order valence-electron chi connectivity index (χ4n) is 6.07. The molecule has 0 saturated heterocycles. The van der Waals surface area contributed by atoms with Crippen LogP contribution in [0.5, 0.6) is 0 Å². The van der Waals surface area contributed by atoms with Crippen LogP contribution in [-0.2, 0) is 43.1 Å². The van der Waals surface area contributed by atoms with Gasteiger partial charge in [0.05, 0.1) is 0 Å². The van der Waals surface area contributed by atoms with Crippen molar-refractivity contribution in [2.45, 2.75) is 70.4 Å². The lowest BCUT2D eigenvalue weighted by molar-refractivity contribution is -0.142. The standard InChI is InChI=1S/C39H50N5O8P/c1-26(2)31(36(45)42-34(38(47)48)22-29-23-41-32-18-10-9-17-30(29)32)25-53(50,51)35(21-27-13-5-3-6-14-27)44-37(46)33(19-11-12-20-40)43-39(49)52-24-28-15-7-4-8-16-28/h3-10,13-18,23,26,31,33-35,41H,11-12,19-22,24-25,40H2,1-2H3,(H,42,45)(H,43,49)(H,44,46)(H,47,48)(H,50,51)/t31?,33-,34-,35?/m0/s1. The summed E-state index contributed by atoms with van der Waals surface area (Å²) >= 11 is 0. The first-order chi connectivity index (χ1) is 25.4. The molecule has 4 rings (SSSR count). The number of aromatic amines is 1. The van der Waals surface area contributed by atoms with Crippen molar-refractivity contribution in [3.05, 3.63) is 108 Å². The molecule has 0 aliphatic rings. The lowest BCUT2D eigenvalue weighted by Crippen LogP contribution is -2.51. The molecule has 5 atom stereocenters. The molecule has 14 heteroatoms. The van der Waals surface area contributed by atoms with Crippen molar-refractivity contribution in [2.75, 3.05) is 12.7 Å². The van der Waals surface area contributed by atoms with Crippen molar-refractivity contribution >= 4 is 42.1 Å². The summed E-state index contributed by atoms with van der Waals surface area (Å²) < 4.78 is 19.7. The summed E-state index contributed by atoms with van der Waals surface area (Å²) in [6.07, 6.45) is 1.56. The van der Waals surface area contributed by atoms with E-state index in [0.29, 0.717) is 30.5 Å². The van der Waals surface area contributed by atoms with E-state index < -0.39 is 67.1 Å². The number of fused-ring (bicyclic) bond motifs is 1. The average molecular weight is 748 g/mol. The number of ether oxygens (including phenoxy) is 1. The van der Waals surface area contributed by atoms with Crippen LogP contribution in [0.3, 0.4) is 0 Å². The number of para-hydroxylation sites is 1. The number of carboxylic acid groups (broad SMARTS) is 1. The Balaban J connectivity index is 1.52. The zero-order chi connectivity index (χ0) is 38.4. The lowest BCUT2D eigenvalue weighted by atomic mass is 9.96. The van der Waals surface area contributed by atoms with Crippen LogP contribution in [0, 0.1) is 11.8 Å². The second-order valence-corrected chi connectivity index (χ2v) is 16.0. The normalized spacial score (nSPS) is 14.7. The number of benzene rings is 3. The van der Waals surface area contributed by atoms with Crippen LogP contribution in [0.15, 0.2) is 91.1 Å². The summed E-state index contributed by atoms with van der Waals surface area (Å²) in [7, 11) is -4.41. The van der Waals surface area contributed by atoms with Crippen LogP contribution in [0.1, 0.15) is 49.8 Å². The molecule has 53 heavy (non-hydrogen) atoms. The molecule has 3 unspecified atom stereocenters. The Morgan fingerprint density at radius 1 is 0.811 bits per heavy atom. The third kappa shape index (κ3) is 12.3. The monoisotopic (exact) mass is 747 g/mol. The van der Waals surface area contributed by atoms with Crippen LogP contribution < -0.4 is 21.7 Å². The zero-order valence-corrected chi connectivity index (χ0v) is 31.0. The Labute approximate surface area is 309 Å². The summed E-state index contributed by atoms with van der Waals surface area (Å²) in [6.45, 7) is 3.78. The van der Waals surface area contributed by atoms with Crippen molar-refractivity contribution in [1.29, 1.82) is 0 Å². The molecule has 0 aliphatic carbocycles. The number of alkyl carbamates (subject to hydrolysis) is 1. The number of aromatic nitrogens is 1. The van der Waals surface area contributed by atoms with Crippen molar-refractivity contribution < 1.29 is 38.5 Å². The molecule has 13 nitrogen and oxygen atoms in total. The maximum Gasteiger partial charge on any atom is 0.408 e. The molecule has 0 saturated carbocycles. The van der Waals surface area contributed by atoms with E-state index in [9.17, 15) is 33.7 Å². The minimum Gasteiger partial charge on any atom is -0.480 e. The molecular weight excluding hydrogens is 697 g/mol. The van der Waals surface area contributed by atoms with Crippen LogP contribution in [0.2, 0.25) is 0 Å². The van der Waals surface area contributed by atoms with Crippen LogP contribution in [0.25, 0.3) is 10.9 Å². The van der Waals surface area contributed by atoms with Gasteiger partial charge < -0.3 is 41.4 Å². The SMILES string of the molecule is CC(C)C(CP(=O)(O)C(Cc1ccccc1)NC(=O)[C@H](CCCCN)NC(=O)OCc1ccccc1)C(=O)N[C@@H](Cc1c[nH]c2ccccc12)C(=O)O. The van der Waals surface area contributed by atoms with Gasteiger partial charge in [-0.15, -0.1) is 0 Å². The van der Waals surface area contributed by atoms with Crippen molar-refractivity contribution in [1.82, 2.24) is 20.9 Å². The van der Waals surface area contributed by atoms with Crippen molar-refractivity contribution in [3.63, 3.8) is 0 Å². The number of carbonyl (C=O) groups excluding carboxylic acids is 3. The second kappa shape index (κ2) is 19.8. The van der Waals surface area contributed by atoms with Crippen LogP contribution >= 0.6 is 7.37 Å². The first-order valence-electron chi connectivity index (χ1n) is 17.8. The molecule has 0 spiro atoms. The number of rotatable bonds is 20. The van der Waals surface area contributed by atoms with Gasteiger partial charge in [0.1, 0.15) is 24.5 Å². The topological polar surface area (TPSA) is 213 Å². The minimum atomic E-state index is -4.41. The highest BCUT2D eigenvalue weighted by Crippen LogP contribution is 2.49. The fraction of sp³-hybridized carbons (Fsp3) is 0.385. The quantitative estimate of drug-likeness (QED) is 0.0482. The molecule has 284 valence electrons. The predicted molar refractivity (Wildman–Crippen MR) is 203 cm³/mol. The van der Waals surface area contributed by atoms with E-state index in [0.717, 1.165) is 16.5 Å². The zero-order valence-electron chi connectivity index (χ0n) is 30.1. The maximum absolute atomic E-state index is 14.4. The molecule has 3 aromatic carbocycles. The number of hydrogen-bond acceptors (Lipinski definition) is 7. The number of carbonyl (C=O) groups is 4. The number of amides is 3. The molecule has 0 aliphatic heterocycles. The molecule has 0 bridgehead atoms. The highest BCUT2D eigenvalue weighted by Gasteiger charge is 2.40. The average Bonchev–Trinajstić information content (AvgIpc) is 3.55. The molecule has 0 radical (unpaired) electrons. The Morgan fingerprint density at radius 2 is 1.45 bits per heavy atom. The van der Waals surface area contributed by atoms with E-state index in [1.165, 1.54) is 0 Å². The summed E-state index contributed by atoms with van der Waals surface area (Å²) in [5, 5.41) is 18.8. The third-order valence-electron chi connectivity index (χ3n) is 9.15. The third-order valence-corrected chi connectivity index (χ3v) is 11.4. The molecule has 4 aromatic rings. The lowest BCUT2D eigenvalue weighted by Gasteiger charge is -2.30. The van der Waals surface area contributed by atoms with E-state index >= 15 is 0 Å². The first-order valence-corrected chi connectivity index (χ1v) is 19.7. The maximum atomic E-state index is 14.4. The molecule has 3 amide bonds. The number of hydrogen-bond donors (Lipinski definition) is 7. The summed E-state index contributed by atoms with van der Waals surface area (Å²) in [5.41, 5.74) is 8.62. The molecule has 8 N–H and O–H groups in total. The molecular formula is C39H50N5O8P. The first kappa shape index (κ1) is 40.8. The Morgan fingerprint density at radius 3 is 2.09 bits per heavy atom. The molecule has 1 heterocycles. The number of unbranched alkanes of at least 4 members (excludes halogenated alkanes) is 1. The van der Waals surface area contributed by atoms with Crippen LogP contribution in [-0.4, -0.2) is 69.4 Å². The van der Waals surface area contributed by atoms with Gasteiger partial charge in [0.25, 0.3) is 0 Å². The number of nitrogens with one attached hydrogen (secondary N) is 4. The minimum absolute atomic E-state index is 0.00823. The van der Waals surface area contributed by atoms with E-state index in [2.05, 4.69) is 20.9 Å². The van der Waals surface area contributed by atoms with Gasteiger partial charge >= 0.3 is 12.1 Å². The molecule has 1 aromatic heterocycles. The van der Waals surface area contributed by atoms with E-state index in [1.807, 2.05) is 42.5 Å². The summed E-state index contributed by atoms with van der Waals surface area (Å²) in [6, 6.07) is 22.9. The largest absolute Gasteiger partial charge is 0.480 e. The van der Waals surface area contributed by atoms with Gasteiger partial charge in [-0.25, -0.2) is 9.59 Å². The smallest absolute Gasteiger partial charge is 0.408 e. The number of carboxylic acids is 1. The number of aliphatic carboxylic acids is 1. The highest BCUT2D eigenvalue weighted by atomic mass is 31.2. The molecule has 0 fully saturated rings. The van der Waals surface area contributed by atoms with Gasteiger partial charge in [-0.3, -0.25) is 14.2 Å². The number of nitrogens with two attached hydrogens (primary N) is 1. The van der Waals surface area contributed by atoms with Gasteiger partial charge in [-0.2, -0.15) is 0 Å². The fourth-order valence-corrected chi connectivity index (χ4v) is 8.30. The van der Waals surface area contributed by atoms with E-state index in [4.69, 9.17) is 10.5 Å². The Hall–Kier alpha value is -4.97. The van der Waals surface area contributed by atoms with Gasteiger partial charge in [-0.05, 0) is 54.5 Å². The van der Waals surface area contributed by atoms with Crippen LogP contribution in [0.4, 0.5) is 4.79 Å². The summed E-state index contributed by atoms with van der Waals surface area (Å²) in [4.78, 5) is 67.5. The van der Waals surface area contributed by atoms with Crippen molar-refractivity contribution in [2.24, 2.45) is 17.6 Å².